The molecule has 4 heteroatoms. The van der Waals surface area contributed by atoms with Crippen LogP contribution in [0.5, 0.6) is 0 Å². The summed E-state index contributed by atoms with van der Waals surface area (Å²) in [7, 11) is 2.25. The van der Waals surface area contributed by atoms with E-state index in [1.807, 2.05) is 18.2 Å². The normalized spacial score (nSPS) is 32.5. The smallest absolute Gasteiger partial charge is 0.0595 e. The maximum atomic E-state index is 6.47. The van der Waals surface area contributed by atoms with Crippen LogP contribution in [0.2, 0.25) is 10.0 Å². The van der Waals surface area contributed by atoms with Crippen molar-refractivity contribution in [3.8, 4) is 0 Å². The van der Waals surface area contributed by atoms with E-state index in [0.717, 1.165) is 17.6 Å². The van der Waals surface area contributed by atoms with Crippen LogP contribution in [0.25, 0.3) is 0 Å². The molecule has 3 rings (SSSR count). The van der Waals surface area contributed by atoms with Gasteiger partial charge in [0, 0.05) is 18.1 Å². The number of piperidine rings is 1. The van der Waals surface area contributed by atoms with Crippen molar-refractivity contribution in [3.63, 3.8) is 0 Å². The predicted octanol–water partition coefficient (Wildman–Crippen LogP) is 3.87. The van der Waals surface area contributed by atoms with E-state index in [9.17, 15) is 0 Å². The Kier molecular flexibility index (Phi) is 3.78. The van der Waals surface area contributed by atoms with Crippen LogP contribution in [0.1, 0.15) is 37.3 Å². The Morgan fingerprint density at radius 1 is 1.16 bits per heavy atom. The second-order valence-electron chi connectivity index (χ2n) is 5.98. The van der Waals surface area contributed by atoms with Crippen molar-refractivity contribution in [1.29, 1.82) is 0 Å². The first-order valence-corrected chi connectivity index (χ1v) is 7.74. The molecule has 0 aromatic heterocycles. The molecule has 1 aromatic rings. The van der Waals surface area contributed by atoms with E-state index < -0.39 is 0 Å². The molecule has 2 heterocycles. The second kappa shape index (κ2) is 5.25. The molecule has 1 aromatic carbocycles. The summed E-state index contributed by atoms with van der Waals surface area (Å²) in [4.78, 5) is 2.54. The lowest BCUT2D eigenvalue weighted by atomic mass is 9.82. The van der Waals surface area contributed by atoms with Crippen LogP contribution in [0.4, 0.5) is 0 Å². The summed E-state index contributed by atoms with van der Waals surface area (Å²) in [5.41, 5.74) is 7.58. The maximum absolute atomic E-state index is 6.47. The third-order valence-electron chi connectivity index (χ3n) is 4.97. The summed E-state index contributed by atoms with van der Waals surface area (Å²) in [6.07, 6.45) is 5.06. The predicted molar refractivity (Wildman–Crippen MR) is 80.7 cm³/mol. The molecule has 0 amide bonds. The Hall–Kier alpha value is -0.280. The molecule has 2 N–H and O–H groups in total. The van der Waals surface area contributed by atoms with Gasteiger partial charge in [-0.15, -0.1) is 0 Å². The summed E-state index contributed by atoms with van der Waals surface area (Å²) in [5, 5.41) is 1.20. The SMILES string of the molecule is CN1C2CCC1CC(C(N)c1ccc(Cl)c(Cl)c1)C2. The van der Waals surface area contributed by atoms with E-state index in [0.29, 0.717) is 16.0 Å². The first-order chi connectivity index (χ1) is 9.06. The zero-order chi connectivity index (χ0) is 13.6. The third kappa shape index (κ3) is 2.52. The molecule has 2 aliphatic heterocycles. The van der Waals surface area contributed by atoms with Crippen molar-refractivity contribution in [3.05, 3.63) is 33.8 Å². The van der Waals surface area contributed by atoms with Crippen molar-refractivity contribution in [2.24, 2.45) is 11.7 Å². The van der Waals surface area contributed by atoms with E-state index in [4.69, 9.17) is 28.9 Å². The fraction of sp³-hybridized carbons (Fsp3) is 0.600. The minimum atomic E-state index is 0.0755. The number of hydrogen-bond donors (Lipinski definition) is 1. The molecule has 0 radical (unpaired) electrons. The van der Waals surface area contributed by atoms with Gasteiger partial charge < -0.3 is 10.6 Å². The highest BCUT2D eigenvalue weighted by atomic mass is 35.5. The van der Waals surface area contributed by atoms with E-state index in [-0.39, 0.29) is 6.04 Å². The molecule has 0 spiro atoms. The molecular formula is C15H20Cl2N2. The zero-order valence-corrected chi connectivity index (χ0v) is 12.7. The van der Waals surface area contributed by atoms with Gasteiger partial charge in [0.25, 0.3) is 0 Å². The Bertz CT molecular complexity index is 463. The van der Waals surface area contributed by atoms with Crippen molar-refractivity contribution >= 4 is 23.2 Å². The minimum Gasteiger partial charge on any atom is -0.324 e. The molecule has 0 saturated carbocycles. The van der Waals surface area contributed by atoms with Crippen molar-refractivity contribution < 1.29 is 0 Å². The molecule has 3 unspecified atom stereocenters. The Labute approximate surface area is 124 Å². The van der Waals surface area contributed by atoms with Crippen LogP contribution in [-0.2, 0) is 0 Å². The summed E-state index contributed by atoms with van der Waals surface area (Å²) in [6.45, 7) is 0. The quantitative estimate of drug-likeness (QED) is 0.898. The minimum absolute atomic E-state index is 0.0755. The average molecular weight is 299 g/mol. The number of halogens is 2. The second-order valence-corrected chi connectivity index (χ2v) is 6.80. The van der Waals surface area contributed by atoms with Gasteiger partial charge in [0.1, 0.15) is 0 Å². The van der Waals surface area contributed by atoms with Gasteiger partial charge in [0.2, 0.25) is 0 Å². The zero-order valence-electron chi connectivity index (χ0n) is 11.2. The summed E-state index contributed by atoms with van der Waals surface area (Å²) in [6, 6.07) is 7.30. The van der Waals surface area contributed by atoms with Gasteiger partial charge in [-0.3, -0.25) is 0 Å². The average Bonchev–Trinajstić information content (AvgIpc) is 2.64. The fourth-order valence-electron chi connectivity index (χ4n) is 3.74. The molecule has 2 saturated heterocycles. The lowest BCUT2D eigenvalue weighted by molar-refractivity contribution is 0.121. The van der Waals surface area contributed by atoms with E-state index in [2.05, 4.69) is 11.9 Å². The number of hydrogen-bond acceptors (Lipinski definition) is 2. The standard InChI is InChI=1S/C15H20Cl2N2/c1-19-11-3-4-12(19)7-10(6-11)15(18)9-2-5-13(16)14(17)8-9/h2,5,8,10-12,15H,3-4,6-7,18H2,1H3. The third-order valence-corrected chi connectivity index (χ3v) is 5.71. The summed E-state index contributed by atoms with van der Waals surface area (Å²) < 4.78 is 0. The Morgan fingerprint density at radius 3 is 2.37 bits per heavy atom. The summed E-state index contributed by atoms with van der Waals surface area (Å²) in [5.74, 6) is 0.561. The van der Waals surface area contributed by atoms with Gasteiger partial charge in [-0.25, -0.2) is 0 Å². The first kappa shape index (κ1) is 13.7. The number of benzene rings is 1. The van der Waals surface area contributed by atoms with E-state index in [1.165, 1.54) is 25.7 Å². The van der Waals surface area contributed by atoms with Crippen LogP contribution >= 0.6 is 23.2 Å². The van der Waals surface area contributed by atoms with Crippen LogP contribution in [-0.4, -0.2) is 24.0 Å². The Morgan fingerprint density at radius 2 is 1.79 bits per heavy atom. The lowest BCUT2D eigenvalue weighted by Gasteiger charge is -2.39. The first-order valence-electron chi connectivity index (χ1n) is 6.98. The van der Waals surface area contributed by atoms with Crippen LogP contribution in [0.15, 0.2) is 18.2 Å². The molecule has 2 fully saturated rings. The van der Waals surface area contributed by atoms with Gasteiger partial charge in [0.15, 0.2) is 0 Å². The molecule has 0 aliphatic carbocycles. The van der Waals surface area contributed by atoms with Gasteiger partial charge in [0.05, 0.1) is 10.0 Å². The number of nitrogens with zero attached hydrogens (tertiary/aromatic N) is 1. The van der Waals surface area contributed by atoms with Gasteiger partial charge in [-0.1, -0.05) is 29.3 Å². The largest absolute Gasteiger partial charge is 0.324 e. The molecule has 104 valence electrons. The molecule has 3 atom stereocenters. The monoisotopic (exact) mass is 298 g/mol. The van der Waals surface area contributed by atoms with Crippen molar-refractivity contribution in [1.82, 2.24) is 4.90 Å². The van der Waals surface area contributed by atoms with E-state index in [1.54, 1.807) is 0 Å². The molecule has 2 nitrogen and oxygen atoms in total. The highest BCUT2D eigenvalue weighted by Crippen LogP contribution is 2.42. The van der Waals surface area contributed by atoms with Crippen LogP contribution in [0.3, 0.4) is 0 Å². The van der Waals surface area contributed by atoms with Crippen molar-refractivity contribution in [2.45, 2.75) is 43.8 Å². The lowest BCUT2D eigenvalue weighted by Crippen LogP contribution is -2.42. The maximum Gasteiger partial charge on any atom is 0.0595 e. The summed E-state index contributed by atoms with van der Waals surface area (Å²) >= 11 is 12.1. The molecule has 19 heavy (non-hydrogen) atoms. The molecule has 2 bridgehead atoms. The molecule has 2 aliphatic rings. The Balaban J connectivity index is 1.77. The highest BCUT2D eigenvalue weighted by molar-refractivity contribution is 6.42. The van der Waals surface area contributed by atoms with Gasteiger partial charge >= 0.3 is 0 Å². The molecular weight excluding hydrogens is 279 g/mol. The van der Waals surface area contributed by atoms with Crippen LogP contribution in [0, 0.1) is 5.92 Å². The van der Waals surface area contributed by atoms with Crippen LogP contribution < -0.4 is 5.73 Å². The topological polar surface area (TPSA) is 29.3 Å². The number of rotatable bonds is 2. The van der Waals surface area contributed by atoms with Gasteiger partial charge in [-0.2, -0.15) is 0 Å². The number of fused-ring (bicyclic) bond motifs is 2. The van der Waals surface area contributed by atoms with Gasteiger partial charge in [-0.05, 0) is 56.3 Å². The number of nitrogens with two attached hydrogens (primary N) is 1. The highest BCUT2D eigenvalue weighted by Gasteiger charge is 2.40. The van der Waals surface area contributed by atoms with Crippen molar-refractivity contribution in [2.75, 3.05) is 7.05 Å². The van der Waals surface area contributed by atoms with E-state index >= 15 is 0 Å². The fourth-order valence-corrected chi connectivity index (χ4v) is 4.05.